The number of amides is 1. The number of carbonyl (C=O) groups is 1. The summed E-state index contributed by atoms with van der Waals surface area (Å²) >= 11 is 3.31. The van der Waals surface area contributed by atoms with Crippen molar-refractivity contribution in [2.75, 3.05) is 13.1 Å². The van der Waals surface area contributed by atoms with Gasteiger partial charge in [-0.15, -0.1) is 12.4 Å². The predicted molar refractivity (Wildman–Crippen MR) is 88.6 cm³/mol. The minimum absolute atomic E-state index is 0. The van der Waals surface area contributed by atoms with Crippen LogP contribution < -0.4 is 11.3 Å². The summed E-state index contributed by atoms with van der Waals surface area (Å²) in [4.78, 5) is 26.0. The minimum Gasteiger partial charge on any atom is -0.337 e. The first-order valence-electron chi connectivity index (χ1n) is 6.86. The van der Waals surface area contributed by atoms with Gasteiger partial charge in [0.05, 0.1) is 0 Å². The Hall–Kier alpha value is -0.850. The van der Waals surface area contributed by atoms with E-state index in [0.29, 0.717) is 12.5 Å². The fraction of sp³-hybridized carbons (Fsp3) is 0.571. The molecule has 1 amide bonds. The second kappa shape index (κ2) is 7.96. The number of rotatable bonds is 3. The van der Waals surface area contributed by atoms with Crippen molar-refractivity contribution >= 4 is 34.2 Å². The monoisotopic (exact) mass is 377 g/mol. The van der Waals surface area contributed by atoms with Crippen LogP contribution in [0, 0.1) is 5.92 Å². The highest BCUT2D eigenvalue weighted by Gasteiger charge is 2.28. The van der Waals surface area contributed by atoms with Crippen LogP contribution in [0.25, 0.3) is 0 Å². The summed E-state index contributed by atoms with van der Waals surface area (Å²) in [6.07, 6.45) is 3.58. The summed E-state index contributed by atoms with van der Waals surface area (Å²) in [6.45, 7) is 3.46. The third kappa shape index (κ3) is 4.56. The maximum atomic E-state index is 12.4. The number of likely N-dealkylation sites (tertiary alicyclic amines) is 1. The van der Waals surface area contributed by atoms with Gasteiger partial charge < -0.3 is 15.2 Å². The van der Waals surface area contributed by atoms with Gasteiger partial charge in [0.25, 0.3) is 5.56 Å². The van der Waals surface area contributed by atoms with Crippen LogP contribution in [-0.4, -0.2) is 34.5 Å². The number of nitrogens with zero attached hydrogens (tertiary/aromatic N) is 2. The van der Waals surface area contributed by atoms with Crippen molar-refractivity contribution in [3.8, 4) is 0 Å². The average Bonchev–Trinajstić information content (AvgIpc) is 2.42. The normalized spacial score (nSPS) is 21.8. The van der Waals surface area contributed by atoms with Crippen molar-refractivity contribution < 1.29 is 4.79 Å². The van der Waals surface area contributed by atoms with Crippen molar-refractivity contribution in [3.63, 3.8) is 0 Å². The van der Waals surface area contributed by atoms with E-state index in [-0.39, 0.29) is 36.5 Å². The maximum absolute atomic E-state index is 12.4. The van der Waals surface area contributed by atoms with Gasteiger partial charge >= 0.3 is 0 Å². The minimum atomic E-state index is -0.170. The molecule has 1 aromatic rings. The molecule has 0 bridgehead atoms. The van der Waals surface area contributed by atoms with Gasteiger partial charge in [-0.1, -0.05) is 6.92 Å². The Balaban J connectivity index is 0.00000220. The van der Waals surface area contributed by atoms with E-state index in [1.165, 1.54) is 10.6 Å². The van der Waals surface area contributed by atoms with E-state index in [1.807, 2.05) is 4.90 Å². The molecule has 1 saturated heterocycles. The van der Waals surface area contributed by atoms with Crippen LogP contribution >= 0.6 is 28.3 Å². The molecule has 0 radical (unpaired) electrons. The first-order chi connectivity index (χ1) is 9.51. The van der Waals surface area contributed by atoms with Gasteiger partial charge in [-0.2, -0.15) is 0 Å². The average molecular weight is 379 g/mol. The van der Waals surface area contributed by atoms with E-state index in [9.17, 15) is 9.59 Å². The van der Waals surface area contributed by atoms with Gasteiger partial charge in [0, 0.05) is 35.9 Å². The lowest BCUT2D eigenvalue weighted by Gasteiger charge is -2.38. The molecule has 5 nitrogen and oxygen atoms in total. The van der Waals surface area contributed by atoms with Crippen molar-refractivity contribution in [1.82, 2.24) is 9.47 Å². The molecule has 2 heterocycles. The molecular weight excluding hydrogens is 358 g/mol. The molecule has 2 N–H and O–H groups in total. The number of carbonyl (C=O) groups excluding carboxylic acids is 1. The van der Waals surface area contributed by atoms with E-state index in [1.54, 1.807) is 12.3 Å². The standard InChI is InChI=1S/C14H20BrN3O2.ClH/c1-10-4-5-18(12(6-10)7-16)14(20)9-17-8-11(15)2-3-13(17)19;/h2-3,8,10,12H,4-7,9,16H2,1H3;1H. The quantitative estimate of drug-likeness (QED) is 0.869. The Bertz CT molecular complexity index is 549. The fourth-order valence-electron chi connectivity index (χ4n) is 2.67. The number of hydrogen-bond acceptors (Lipinski definition) is 3. The Labute approximate surface area is 139 Å². The van der Waals surface area contributed by atoms with E-state index in [2.05, 4.69) is 22.9 Å². The first-order valence-corrected chi connectivity index (χ1v) is 7.66. The Morgan fingerprint density at radius 3 is 2.86 bits per heavy atom. The fourth-order valence-corrected chi connectivity index (χ4v) is 3.04. The number of hydrogen-bond donors (Lipinski definition) is 1. The molecule has 118 valence electrons. The van der Waals surface area contributed by atoms with Gasteiger partial charge in [0.15, 0.2) is 0 Å². The second-order valence-corrected chi connectivity index (χ2v) is 6.34. The zero-order chi connectivity index (χ0) is 14.7. The zero-order valence-electron chi connectivity index (χ0n) is 12.0. The van der Waals surface area contributed by atoms with E-state index < -0.39 is 0 Å². The molecule has 1 aliphatic heterocycles. The maximum Gasteiger partial charge on any atom is 0.251 e. The molecular formula is C14H21BrClN3O2. The molecule has 2 rings (SSSR count). The number of aromatic nitrogens is 1. The third-order valence-electron chi connectivity index (χ3n) is 3.82. The van der Waals surface area contributed by atoms with Crippen molar-refractivity contribution in [2.24, 2.45) is 11.7 Å². The van der Waals surface area contributed by atoms with Gasteiger partial charge in [0.2, 0.25) is 5.91 Å². The molecule has 0 spiro atoms. The topological polar surface area (TPSA) is 68.3 Å². The number of nitrogens with two attached hydrogens (primary N) is 1. The highest BCUT2D eigenvalue weighted by Crippen LogP contribution is 2.22. The molecule has 0 aromatic carbocycles. The molecule has 0 saturated carbocycles. The SMILES string of the molecule is CC1CCN(C(=O)Cn2cc(Br)ccc2=O)C(CN)C1.Cl. The summed E-state index contributed by atoms with van der Waals surface area (Å²) in [5, 5.41) is 0. The van der Waals surface area contributed by atoms with Gasteiger partial charge in [-0.3, -0.25) is 9.59 Å². The molecule has 0 aliphatic carbocycles. The van der Waals surface area contributed by atoms with Gasteiger partial charge in [-0.25, -0.2) is 0 Å². The molecule has 21 heavy (non-hydrogen) atoms. The van der Waals surface area contributed by atoms with Gasteiger partial charge in [0.1, 0.15) is 6.54 Å². The van der Waals surface area contributed by atoms with Crippen molar-refractivity contribution in [1.29, 1.82) is 0 Å². The van der Waals surface area contributed by atoms with Crippen molar-refractivity contribution in [3.05, 3.63) is 33.2 Å². The Kier molecular flexibility index (Phi) is 6.90. The van der Waals surface area contributed by atoms with E-state index in [0.717, 1.165) is 23.9 Å². The predicted octanol–water partition coefficient (Wildman–Crippen LogP) is 1.62. The van der Waals surface area contributed by atoms with Crippen molar-refractivity contribution in [2.45, 2.75) is 32.4 Å². The number of piperidine rings is 1. The molecule has 1 fully saturated rings. The summed E-state index contributed by atoms with van der Waals surface area (Å²) in [5.74, 6) is 0.564. The Morgan fingerprint density at radius 1 is 1.48 bits per heavy atom. The summed E-state index contributed by atoms with van der Waals surface area (Å²) < 4.78 is 2.21. The lowest BCUT2D eigenvalue weighted by molar-refractivity contribution is -0.136. The van der Waals surface area contributed by atoms with Crippen LogP contribution in [0.15, 0.2) is 27.6 Å². The zero-order valence-corrected chi connectivity index (χ0v) is 14.4. The Morgan fingerprint density at radius 2 is 2.19 bits per heavy atom. The van der Waals surface area contributed by atoms with Gasteiger partial charge in [-0.05, 0) is 40.8 Å². The highest BCUT2D eigenvalue weighted by molar-refractivity contribution is 9.10. The second-order valence-electron chi connectivity index (χ2n) is 5.42. The van der Waals surface area contributed by atoms with E-state index in [4.69, 9.17) is 5.73 Å². The smallest absolute Gasteiger partial charge is 0.251 e. The van der Waals surface area contributed by atoms with Crippen LogP contribution in [0.4, 0.5) is 0 Å². The number of pyridine rings is 1. The first kappa shape index (κ1) is 18.2. The van der Waals surface area contributed by atoms with E-state index >= 15 is 0 Å². The lowest BCUT2D eigenvalue weighted by atomic mass is 9.92. The highest BCUT2D eigenvalue weighted by atomic mass is 79.9. The van der Waals surface area contributed by atoms with Crippen LogP contribution in [0.3, 0.4) is 0 Å². The lowest BCUT2D eigenvalue weighted by Crippen LogP contribution is -2.50. The molecule has 1 aliphatic rings. The molecule has 1 aromatic heterocycles. The van der Waals surface area contributed by atoms with Crippen LogP contribution in [0.1, 0.15) is 19.8 Å². The van der Waals surface area contributed by atoms with Crippen LogP contribution in [0.5, 0.6) is 0 Å². The van der Waals surface area contributed by atoms with Crippen LogP contribution in [-0.2, 0) is 11.3 Å². The number of halogens is 2. The summed E-state index contributed by atoms with van der Waals surface area (Å²) in [7, 11) is 0. The summed E-state index contributed by atoms with van der Waals surface area (Å²) in [5.41, 5.74) is 5.60. The third-order valence-corrected chi connectivity index (χ3v) is 4.29. The molecule has 2 unspecified atom stereocenters. The molecule has 7 heteroatoms. The largest absolute Gasteiger partial charge is 0.337 e. The van der Waals surface area contributed by atoms with Crippen LogP contribution in [0.2, 0.25) is 0 Å². The summed E-state index contributed by atoms with van der Waals surface area (Å²) in [6, 6.07) is 3.22. The molecule has 2 atom stereocenters.